The van der Waals surface area contributed by atoms with Gasteiger partial charge < -0.3 is 4.52 Å². The Hall–Kier alpha value is -3.11. The molecule has 4 aromatic rings. The Kier molecular flexibility index (Phi) is 3.98. The van der Waals surface area contributed by atoms with Crippen molar-refractivity contribution >= 4 is 28.4 Å². The van der Waals surface area contributed by atoms with Crippen LogP contribution in [0, 0.1) is 6.92 Å². The summed E-state index contributed by atoms with van der Waals surface area (Å²) in [6.45, 7) is 1.85. The molecule has 0 saturated carbocycles. The van der Waals surface area contributed by atoms with Crippen molar-refractivity contribution in [2.75, 3.05) is 0 Å². The molecule has 0 spiro atoms. The number of halogens is 1. The first-order valence-electron chi connectivity index (χ1n) is 8.06. The van der Waals surface area contributed by atoms with Crippen molar-refractivity contribution in [3.63, 3.8) is 0 Å². The molecule has 3 aromatic carbocycles. The minimum Gasteiger partial charge on any atom is -0.327 e. The number of fused-ring (bicyclic) bond motifs is 1. The van der Waals surface area contributed by atoms with Crippen molar-refractivity contribution in [2.45, 2.75) is 6.92 Å². The Morgan fingerprint density at radius 3 is 2.46 bits per heavy atom. The van der Waals surface area contributed by atoms with Gasteiger partial charge in [0, 0.05) is 10.6 Å². The lowest BCUT2D eigenvalue weighted by molar-refractivity contribution is 0.0850. The maximum absolute atomic E-state index is 12.9. The highest BCUT2D eigenvalue weighted by molar-refractivity contribution is 6.31. The summed E-state index contributed by atoms with van der Waals surface area (Å²) < 4.78 is 6.26. The van der Waals surface area contributed by atoms with Crippen LogP contribution in [-0.2, 0) is 0 Å². The molecule has 0 bridgehead atoms. The van der Waals surface area contributed by atoms with Crippen molar-refractivity contribution in [1.29, 1.82) is 0 Å². The van der Waals surface area contributed by atoms with E-state index in [1.165, 1.54) is 0 Å². The molecule has 0 fully saturated rings. The van der Waals surface area contributed by atoms with Crippen LogP contribution in [0.15, 0.2) is 76.0 Å². The minimum atomic E-state index is -0.549. The van der Waals surface area contributed by atoms with Gasteiger partial charge in [-0.3, -0.25) is 4.79 Å². The molecule has 0 atom stereocenters. The monoisotopic (exact) mass is 363 g/mol. The highest BCUT2D eigenvalue weighted by Crippen LogP contribution is 2.24. The van der Waals surface area contributed by atoms with E-state index in [0.717, 1.165) is 21.4 Å². The number of hydrogen-bond acceptors (Lipinski definition) is 3. The molecule has 0 amide bonds. The smallest absolute Gasteiger partial charge is 0.327 e. The van der Waals surface area contributed by atoms with E-state index in [1.807, 2.05) is 43.3 Å². The lowest BCUT2D eigenvalue weighted by Gasteiger charge is -2.05. The molecular formula is C21H14ClNO3. The van der Waals surface area contributed by atoms with E-state index in [0.29, 0.717) is 21.5 Å². The number of aromatic nitrogens is 1. The molecule has 0 aliphatic heterocycles. The predicted octanol–water partition coefficient (Wildman–Crippen LogP) is 4.91. The molecule has 0 aliphatic rings. The summed E-state index contributed by atoms with van der Waals surface area (Å²) in [4.78, 5) is 25.0. The molecule has 128 valence electrons. The number of benzene rings is 3. The third kappa shape index (κ3) is 2.85. The summed E-state index contributed by atoms with van der Waals surface area (Å²) in [7, 11) is 0. The van der Waals surface area contributed by atoms with Crippen molar-refractivity contribution < 1.29 is 9.32 Å². The van der Waals surface area contributed by atoms with Crippen molar-refractivity contribution in [3.05, 3.63) is 93.3 Å². The van der Waals surface area contributed by atoms with E-state index in [-0.39, 0.29) is 0 Å². The fourth-order valence-electron chi connectivity index (χ4n) is 2.99. The fourth-order valence-corrected chi connectivity index (χ4v) is 3.28. The van der Waals surface area contributed by atoms with E-state index in [4.69, 9.17) is 16.1 Å². The molecule has 0 radical (unpaired) electrons. The van der Waals surface area contributed by atoms with Gasteiger partial charge >= 0.3 is 5.63 Å². The van der Waals surface area contributed by atoms with E-state index in [2.05, 4.69) is 0 Å². The quantitative estimate of drug-likeness (QED) is 0.508. The first-order chi connectivity index (χ1) is 12.5. The average Bonchev–Trinajstić information content (AvgIpc) is 2.97. The van der Waals surface area contributed by atoms with E-state index >= 15 is 0 Å². The van der Waals surface area contributed by atoms with Gasteiger partial charge in [-0.2, -0.15) is 0 Å². The van der Waals surface area contributed by atoms with Crippen LogP contribution in [0.4, 0.5) is 0 Å². The van der Waals surface area contributed by atoms with Gasteiger partial charge in [0.05, 0.1) is 10.9 Å². The number of rotatable bonds is 2. The first kappa shape index (κ1) is 16.4. The van der Waals surface area contributed by atoms with Crippen LogP contribution >= 0.6 is 11.6 Å². The third-order valence-corrected chi connectivity index (χ3v) is 4.41. The Bertz CT molecular complexity index is 1170. The van der Waals surface area contributed by atoms with Crippen LogP contribution in [0.3, 0.4) is 0 Å². The van der Waals surface area contributed by atoms with Crippen LogP contribution in [-0.4, -0.2) is 10.6 Å². The SMILES string of the molecule is Cc1cc(Cl)cc(C(=O)n2oc(=O)c3ccc(-c4ccccc4)cc32)c1. The molecule has 26 heavy (non-hydrogen) atoms. The Labute approximate surface area is 154 Å². The van der Waals surface area contributed by atoms with Gasteiger partial charge in [-0.05, 0) is 53.9 Å². The molecule has 1 aromatic heterocycles. The fraction of sp³-hybridized carbons (Fsp3) is 0.0476. The molecule has 0 N–H and O–H groups in total. The lowest BCUT2D eigenvalue weighted by atomic mass is 10.0. The van der Waals surface area contributed by atoms with Gasteiger partial charge in [0.25, 0.3) is 5.91 Å². The second-order valence-corrected chi connectivity index (χ2v) is 6.53. The van der Waals surface area contributed by atoms with Gasteiger partial charge in [0.1, 0.15) is 0 Å². The maximum Gasteiger partial charge on any atom is 0.366 e. The maximum atomic E-state index is 12.9. The predicted molar refractivity (Wildman–Crippen MR) is 102 cm³/mol. The van der Waals surface area contributed by atoms with Gasteiger partial charge in [-0.1, -0.05) is 48.0 Å². The largest absolute Gasteiger partial charge is 0.366 e. The van der Waals surface area contributed by atoms with Crippen molar-refractivity contribution in [2.24, 2.45) is 0 Å². The van der Waals surface area contributed by atoms with Crippen molar-refractivity contribution in [1.82, 2.24) is 4.74 Å². The molecule has 5 heteroatoms. The van der Waals surface area contributed by atoms with E-state index < -0.39 is 11.5 Å². The molecule has 0 saturated heterocycles. The lowest BCUT2D eigenvalue weighted by Crippen LogP contribution is -2.11. The van der Waals surface area contributed by atoms with Crippen LogP contribution in [0.1, 0.15) is 15.9 Å². The molecular weight excluding hydrogens is 350 g/mol. The molecule has 0 aliphatic carbocycles. The summed E-state index contributed by atoms with van der Waals surface area (Å²) in [5, 5.41) is 0.814. The third-order valence-electron chi connectivity index (χ3n) is 4.19. The number of carbonyl (C=O) groups excluding carboxylic acids is 1. The number of hydrogen-bond donors (Lipinski definition) is 0. The van der Waals surface area contributed by atoms with Crippen LogP contribution in [0.25, 0.3) is 22.0 Å². The number of aryl methyl sites for hydroxylation is 1. The van der Waals surface area contributed by atoms with Gasteiger partial charge in [-0.15, -0.1) is 4.74 Å². The number of carbonyl (C=O) groups is 1. The molecule has 4 nitrogen and oxygen atoms in total. The highest BCUT2D eigenvalue weighted by Gasteiger charge is 2.18. The van der Waals surface area contributed by atoms with Crippen LogP contribution in [0.5, 0.6) is 0 Å². The molecule has 0 unspecified atom stereocenters. The van der Waals surface area contributed by atoms with Gasteiger partial charge in [0.2, 0.25) is 0 Å². The normalized spacial score (nSPS) is 11.0. The molecule has 4 rings (SSSR count). The summed E-state index contributed by atoms with van der Waals surface area (Å²) in [5.41, 5.74) is 2.97. The zero-order chi connectivity index (χ0) is 18.3. The zero-order valence-electron chi connectivity index (χ0n) is 13.9. The molecule has 1 heterocycles. The average molecular weight is 364 g/mol. The van der Waals surface area contributed by atoms with Gasteiger partial charge in [-0.25, -0.2) is 4.79 Å². The summed E-state index contributed by atoms with van der Waals surface area (Å²) in [5.74, 6) is -0.437. The van der Waals surface area contributed by atoms with Crippen LogP contribution in [0.2, 0.25) is 5.02 Å². The second-order valence-electron chi connectivity index (χ2n) is 6.09. The zero-order valence-corrected chi connectivity index (χ0v) is 14.7. The topological polar surface area (TPSA) is 52.2 Å². The van der Waals surface area contributed by atoms with E-state index in [1.54, 1.807) is 30.3 Å². The number of nitrogens with zero attached hydrogens (tertiary/aromatic N) is 1. The first-order valence-corrected chi connectivity index (χ1v) is 8.44. The Balaban J connectivity index is 1.89. The summed E-state index contributed by atoms with van der Waals surface area (Å²) in [6, 6.07) is 20.1. The van der Waals surface area contributed by atoms with E-state index in [9.17, 15) is 9.59 Å². The standard InChI is InChI=1S/C21H14ClNO3/c1-13-9-16(11-17(22)10-13)20(24)23-19-12-15(14-5-3-2-4-6-14)7-8-18(19)21(25)26-23/h2-12H,1H3. The minimum absolute atomic E-state index is 0.358. The van der Waals surface area contributed by atoms with Crippen LogP contribution < -0.4 is 5.63 Å². The summed E-state index contributed by atoms with van der Waals surface area (Å²) in [6.07, 6.45) is 0. The highest BCUT2D eigenvalue weighted by atomic mass is 35.5. The Morgan fingerprint density at radius 1 is 0.962 bits per heavy atom. The van der Waals surface area contributed by atoms with Crippen molar-refractivity contribution in [3.8, 4) is 11.1 Å². The Morgan fingerprint density at radius 2 is 1.73 bits per heavy atom. The second kappa shape index (κ2) is 6.32. The summed E-state index contributed by atoms with van der Waals surface area (Å²) >= 11 is 6.06. The van der Waals surface area contributed by atoms with Gasteiger partial charge in [0.15, 0.2) is 0 Å².